The van der Waals surface area contributed by atoms with Crippen LogP contribution in [-0.2, 0) is 11.8 Å². The molecule has 1 fully saturated rings. The van der Waals surface area contributed by atoms with Crippen LogP contribution in [0.15, 0.2) is 5.38 Å². The highest BCUT2D eigenvalue weighted by molar-refractivity contribution is 7.09. The van der Waals surface area contributed by atoms with Gasteiger partial charge in [0.1, 0.15) is 0 Å². The van der Waals surface area contributed by atoms with E-state index in [1.807, 2.05) is 0 Å². The number of thiazole rings is 1. The second kappa shape index (κ2) is 5.74. The van der Waals surface area contributed by atoms with Crippen molar-refractivity contribution in [2.45, 2.75) is 69.9 Å². The number of hydrogen-bond acceptors (Lipinski definition) is 4. The molecule has 2 rings (SSSR count). The average molecular weight is 295 g/mol. The topological polar surface area (TPSA) is 42.1 Å². The Morgan fingerprint density at radius 1 is 1.35 bits per heavy atom. The number of likely N-dealkylation sites (N-methyl/N-ethyl adjacent to an activating group) is 1. The molecule has 0 aromatic carbocycles. The van der Waals surface area contributed by atoms with Gasteiger partial charge in [0.15, 0.2) is 0 Å². The Labute approximate surface area is 127 Å². The van der Waals surface area contributed by atoms with E-state index in [0.29, 0.717) is 0 Å². The summed E-state index contributed by atoms with van der Waals surface area (Å²) in [5, 5.41) is 3.38. The Balaban J connectivity index is 2.11. The Morgan fingerprint density at radius 3 is 2.40 bits per heavy atom. The molecule has 0 bridgehead atoms. The fourth-order valence-corrected chi connectivity index (χ4v) is 4.34. The average Bonchev–Trinajstić information content (AvgIpc) is 2.96. The van der Waals surface area contributed by atoms with Crippen LogP contribution in [0.5, 0.6) is 0 Å². The van der Waals surface area contributed by atoms with Crippen molar-refractivity contribution >= 4 is 11.3 Å². The smallest absolute Gasteiger partial charge is 0.0944 e. The van der Waals surface area contributed by atoms with Gasteiger partial charge in [-0.1, -0.05) is 33.6 Å². The van der Waals surface area contributed by atoms with Crippen molar-refractivity contribution in [2.75, 3.05) is 14.1 Å². The summed E-state index contributed by atoms with van der Waals surface area (Å²) in [4.78, 5) is 7.15. The second-order valence-corrected chi connectivity index (χ2v) is 8.33. The summed E-state index contributed by atoms with van der Waals surface area (Å²) < 4.78 is 0. The number of nitrogens with two attached hydrogens (primary N) is 1. The standard InChI is InChI=1S/C16H29N3S/c1-15(2,3)13-11-20-14(18-13)10-12(17)16(19(4)5)8-6-7-9-16/h11-12H,6-10,17H2,1-5H3. The van der Waals surface area contributed by atoms with E-state index in [1.165, 1.54) is 36.4 Å². The third-order valence-electron chi connectivity index (χ3n) is 4.76. The van der Waals surface area contributed by atoms with Gasteiger partial charge in [0.25, 0.3) is 0 Å². The molecule has 0 spiro atoms. The van der Waals surface area contributed by atoms with E-state index in [1.54, 1.807) is 11.3 Å². The third-order valence-corrected chi connectivity index (χ3v) is 5.64. The van der Waals surface area contributed by atoms with Gasteiger partial charge in [0.2, 0.25) is 0 Å². The molecule has 0 saturated heterocycles. The van der Waals surface area contributed by atoms with Crippen molar-refractivity contribution in [2.24, 2.45) is 5.73 Å². The van der Waals surface area contributed by atoms with Crippen LogP contribution in [0.4, 0.5) is 0 Å². The first-order valence-electron chi connectivity index (χ1n) is 7.63. The summed E-state index contributed by atoms with van der Waals surface area (Å²) in [6.07, 6.45) is 5.95. The zero-order valence-corrected chi connectivity index (χ0v) is 14.4. The summed E-state index contributed by atoms with van der Waals surface area (Å²) in [7, 11) is 4.35. The molecule has 0 amide bonds. The molecule has 1 aliphatic rings. The minimum Gasteiger partial charge on any atom is -0.326 e. The van der Waals surface area contributed by atoms with Gasteiger partial charge in [-0.25, -0.2) is 4.98 Å². The van der Waals surface area contributed by atoms with E-state index in [4.69, 9.17) is 10.7 Å². The van der Waals surface area contributed by atoms with Crippen molar-refractivity contribution in [3.63, 3.8) is 0 Å². The number of aromatic nitrogens is 1. The van der Waals surface area contributed by atoms with Crippen molar-refractivity contribution in [3.05, 3.63) is 16.1 Å². The number of nitrogens with zero attached hydrogens (tertiary/aromatic N) is 2. The SMILES string of the molecule is CN(C)C1(C(N)Cc2nc(C(C)(C)C)cs2)CCCC1. The fraction of sp³-hybridized carbons (Fsp3) is 0.812. The van der Waals surface area contributed by atoms with Crippen LogP contribution in [0, 0.1) is 0 Å². The molecule has 1 saturated carbocycles. The molecule has 1 aromatic heterocycles. The van der Waals surface area contributed by atoms with E-state index < -0.39 is 0 Å². The van der Waals surface area contributed by atoms with Gasteiger partial charge < -0.3 is 10.6 Å². The first-order valence-corrected chi connectivity index (χ1v) is 8.51. The predicted octanol–water partition coefficient (Wildman–Crippen LogP) is 3.18. The molecule has 1 aromatic rings. The molecule has 1 heterocycles. The summed E-state index contributed by atoms with van der Waals surface area (Å²) in [6, 6.07) is 0.180. The van der Waals surface area contributed by atoms with Gasteiger partial charge in [-0.2, -0.15) is 0 Å². The largest absolute Gasteiger partial charge is 0.326 e. The van der Waals surface area contributed by atoms with Crippen molar-refractivity contribution in [1.29, 1.82) is 0 Å². The van der Waals surface area contributed by atoms with E-state index in [9.17, 15) is 0 Å². The van der Waals surface area contributed by atoms with Crippen molar-refractivity contribution in [3.8, 4) is 0 Å². The first kappa shape index (κ1) is 15.9. The highest BCUT2D eigenvalue weighted by atomic mass is 32.1. The maximum atomic E-state index is 6.59. The molecule has 2 N–H and O–H groups in total. The van der Waals surface area contributed by atoms with E-state index >= 15 is 0 Å². The summed E-state index contributed by atoms with van der Waals surface area (Å²) in [6.45, 7) is 6.64. The van der Waals surface area contributed by atoms with Crippen LogP contribution in [0.1, 0.15) is 57.2 Å². The normalized spacial score (nSPS) is 20.6. The highest BCUT2D eigenvalue weighted by Crippen LogP contribution is 2.37. The minimum atomic E-state index is 0.130. The molecular formula is C16H29N3S. The molecule has 0 aliphatic heterocycles. The maximum absolute atomic E-state index is 6.59. The monoisotopic (exact) mass is 295 g/mol. The van der Waals surface area contributed by atoms with Crippen molar-refractivity contribution in [1.82, 2.24) is 9.88 Å². The van der Waals surface area contributed by atoms with E-state index in [2.05, 4.69) is 45.1 Å². The lowest BCUT2D eigenvalue weighted by Gasteiger charge is -2.41. The Morgan fingerprint density at radius 2 is 1.95 bits per heavy atom. The molecule has 1 unspecified atom stereocenters. The maximum Gasteiger partial charge on any atom is 0.0944 e. The van der Waals surface area contributed by atoms with Gasteiger partial charge in [0, 0.05) is 28.8 Å². The van der Waals surface area contributed by atoms with Gasteiger partial charge in [-0.05, 0) is 26.9 Å². The van der Waals surface area contributed by atoms with Crippen LogP contribution in [0.3, 0.4) is 0 Å². The van der Waals surface area contributed by atoms with Gasteiger partial charge in [0.05, 0.1) is 10.7 Å². The lowest BCUT2D eigenvalue weighted by Crippen LogP contribution is -2.56. The fourth-order valence-electron chi connectivity index (χ4n) is 3.26. The highest BCUT2D eigenvalue weighted by Gasteiger charge is 2.41. The molecule has 1 aliphatic carbocycles. The Bertz CT molecular complexity index is 439. The second-order valence-electron chi connectivity index (χ2n) is 7.39. The zero-order valence-electron chi connectivity index (χ0n) is 13.6. The number of rotatable bonds is 4. The third kappa shape index (κ3) is 3.07. The van der Waals surface area contributed by atoms with E-state index in [-0.39, 0.29) is 17.0 Å². The minimum absolute atomic E-state index is 0.130. The van der Waals surface area contributed by atoms with Gasteiger partial charge in [-0.15, -0.1) is 11.3 Å². The summed E-state index contributed by atoms with van der Waals surface area (Å²) >= 11 is 1.76. The summed E-state index contributed by atoms with van der Waals surface area (Å²) in [5.74, 6) is 0. The predicted molar refractivity (Wildman–Crippen MR) is 87.4 cm³/mol. The molecule has 3 nitrogen and oxygen atoms in total. The molecule has 0 radical (unpaired) electrons. The zero-order chi connectivity index (χ0) is 15.0. The molecular weight excluding hydrogens is 266 g/mol. The lowest BCUT2D eigenvalue weighted by molar-refractivity contribution is 0.123. The molecule has 1 atom stereocenters. The molecule has 114 valence electrons. The Kier molecular flexibility index (Phi) is 4.57. The summed E-state index contributed by atoms with van der Waals surface area (Å²) in [5.41, 5.74) is 8.08. The lowest BCUT2D eigenvalue weighted by atomic mass is 9.85. The van der Waals surface area contributed by atoms with Crippen LogP contribution in [0.2, 0.25) is 0 Å². The van der Waals surface area contributed by atoms with Crippen LogP contribution in [0.25, 0.3) is 0 Å². The molecule has 20 heavy (non-hydrogen) atoms. The van der Waals surface area contributed by atoms with Crippen LogP contribution < -0.4 is 5.73 Å². The number of hydrogen-bond donors (Lipinski definition) is 1. The van der Waals surface area contributed by atoms with Gasteiger partial charge in [-0.3, -0.25) is 0 Å². The van der Waals surface area contributed by atoms with Crippen molar-refractivity contribution < 1.29 is 0 Å². The first-order chi connectivity index (χ1) is 9.25. The van der Waals surface area contributed by atoms with Gasteiger partial charge >= 0.3 is 0 Å². The van der Waals surface area contributed by atoms with Crippen LogP contribution in [-0.4, -0.2) is 35.6 Å². The van der Waals surface area contributed by atoms with E-state index in [0.717, 1.165) is 6.42 Å². The van der Waals surface area contributed by atoms with Crippen LogP contribution >= 0.6 is 11.3 Å². The molecule has 4 heteroatoms. The quantitative estimate of drug-likeness (QED) is 0.927. The Hall–Kier alpha value is -0.450.